The summed E-state index contributed by atoms with van der Waals surface area (Å²) >= 11 is 3.31. The molecule has 17 heavy (non-hydrogen) atoms. The van der Waals surface area contributed by atoms with Crippen LogP contribution in [0.15, 0.2) is 22.7 Å². The summed E-state index contributed by atoms with van der Waals surface area (Å²) in [5.74, 6) is -0.120. The summed E-state index contributed by atoms with van der Waals surface area (Å²) in [5.41, 5.74) is 6.46. The van der Waals surface area contributed by atoms with Gasteiger partial charge in [0.2, 0.25) is 5.91 Å². The van der Waals surface area contributed by atoms with Crippen LogP contribution in [-0.2, 0) is 9.53 Å². The molecule has 0 radical (unpaired) electrons. The minimum absolute atomic E-state index is 0.120. The monoisotopic (exact) mass is 300 g/mol. The number of carbonyl (C=O) groups excluding carboxylic acids is 1. The van der Waals surface area contributed by atoms with Crippen molar-refractivity contribution in [3.63, 3.8) is 0 Å². The van der Waals surface area contributed by atoms with Crippen LogP contribution in [0.5, 0.6) is 0 Å². The van der Waals surface area contributed by atoms with Gasteiger partial charge in [0.05, 0.1) is 23.4 Å². The van der Waals surface area contributed by atoms with E-state index in [0.717, 1.165) is 4.47 Å². The molecule has 0 aliphatic rings. The highest BCUT2D eigenvalue weighted by molar-refractivity contribution is 9.10. The third kappa shape index (κ3) is 4.36. The molecule has 0 atom stereocenters. The number of carbonyl (C=O) groups is 1. The first-order valence-electron chi connectivity index (χ1n) is 5.24. The molecule has 94 valence electrons. The lowest BCUT2D eigenvalue weighted by atomic mass is 10.0. The van der Waals surface area contributed by atoms with Crippen LogP contribution in [0.25, 0.3) is 0 Å². The molecule has 0 saturated carbocycles. The van der Waals surface area contributed by atoms with E-state index in [4.69, 9.17) is 10.5 Å². The average Bonchev–Trinajstić information content (AvgIpc) is 2.21. The van der Waals surface area contributed by atoms with E-state index in [1.54, 1.807) is 19.2 Å². The molecule has 0 aromatic heterocycles. The fraction of sp³-hybridized carbons (Fsp3) is 0.417. The smallest absolute Gasteiger partial charge is 0.227 e. The molecule has 1 aromatic carbocycles. The molecule has 0 spiro atoms. The molecule has 1 aromatic rings. The van der Waals surface area contributed by atoms with Gasteiger partial charge in [-0.25, -0.2) is 0 Å². The number of halogens is 1. The molecule has 4 nitrogen and oxygen atoms in total. The maximum atomic E-state index is 11.8. The van der Waals surface area contributed by atoms with Crippen molar-refractivity contribution in [2.75, 3.05) is 18.2 Å². The Morgan fingerprint density at radius 2 is 2.18 bits per heavy atom. The highest BCUT2D eigenvalue weighted by Crippen LogP contribution is 2.24. The zero-order valence-corrected chi connectivity index (χ0v) is 11.8. The number of ether oxygens (including phenoxy) is 1. The number of nitrogen functional groups attached to an aromatic ring is 1. The lowest BCUT2D eigenvalue weighted by Crippen LogP contribution is -2.29. The average molecular weight is 301 g/mol. The van der Waals surface area contributed by atoms with E-state index in [1.807, 2.05) is 19.9 Å². The first-order chi connectivity index (χ1) is 7.84. The van der Waals surface area contributed by atoms with Gasteiger partial charge in [0.15, 0.2) is 0 Å². The van der Waals surface area contributed by atoms with Gasteiger partial charge < -0.3 is 15.8 Å². The molecule has 0 aliphatic heterocycles. The molecule has 0 aliphatic carbocycles. The Hall–Kier alpha value is -1.07. The molecular formula is C12H17BrN2O2. The Morgan fingerprint density at radius 1 is 1.53 bits per heavy atom. The summed E-state index contributed by atoms with van der Waals surface area (Å²) in [7, 11) is 1.58. The number of amides is 1. The van der Waals surface area contributed by atoms with E-state index in [2.05, 4.69) is 21.2 Å². The van der Waals surface area contributed by atoms with Gasteiger partial charge >= 0.3 is 0 Å². The summed E-state index contributed by atoms with van der Waals surface area (Å²) < 4.78 is 6.08. The van der Waals surface area contributed by atoms with Crippen LogP contribution in [0.3, 0.4) is 0 Å². The van der Waals surface area contributed by atoms with Crippen molar-refractivity contribution >= 4 is 33.2 Å². The minimum Gasteiger partial charge on any atom is -0.397 e. The van der Waals surface area contributed by atoms with Crippen molar-refractivity contribution in [1.29, 1.82) is 0 Å². The number of rotatable bonds is 4. The molecule has 5 heteroatoms. The Kier molecular flexibility index (Phi) is 4.54. The second-order valence-corrected chi connectivity index (χ2v) is 5.34. The summed E-state index contributed by atoms with van der Waals surface area (Å²) in [6.07, 6.45) is 0.277. The Bertz CT molecular complexity index is 419. The highest BCUT2D eigenvalue weighted by atomic mass is 79.9. The third-order valence-corrected chi connectivity index (χ3v) is 2.92. The van der Waals surface area contributed by atoms with E-state index in [9.17, 15) is 4.79 Å². The number of nitrogens with two attached hydrogens (primary N) is 1. The topological polar surface area (TPSA) is 64.3 Å². The number of anilines is 2. The van der Waals surface area contributed by atoms with Gasteiger partial charge in [0.1, 0.15) is 0 Å². The SMILES string of the molecule is COC(C)(C)CC(=O)Nc1ccc(Br)cc1N. The lowest BCUT2D eigenvalue weighted by Gasteiger charge is -2.22. The van der Waals surface area contributed by atoms with Gasteiger partial charge in [-0.3, -0.25) is 4.79 Å². The fourth-order valence-electron chi connectivity index (χ4n) is 1.30. The largest absolute Gasteiger partial charge is 0.397 e. The van der Waals surface area contributed by atoms with E-state index in [0.29, 0.717) is 11.4 Å². The summed E-state index contributed by atoms with van der Waals surface area (Å²) in [6.45, 7) is 3.72. The highest BCUT2D eigenvalue weighted by Gasteiger charge is 2.21. The van der Waals surface area contributed by atoms with Crippen molar-refractivity contribution in [1.82, 2.24) is 0 Å². The summed E-state index contributed by atoms with van der Waals surface area (Å²) in [4.78, 5) is 11.8. The fourth-order valence-corrected chi connectivity index (χ4v) is 1.68. The van der Waals surface area contributed by atoms with Gasteiger partial charge in [-0.2, -0.15) is 0 Å². The van der Waals surface area contributed by atoms with Crippen LogP contribution in [-0.4, -0.2) is 18.6 Å². The van der Waals surface area contributed by atoms with Crippen LogP contribution in [0.2, 0.25) is 0 Å². The maximum Gasteiger partial charge on any atom is 0.227 e. The first kappa shape index (κ1) is 14.0. The van der Waals surface area contributed by atoms with Gasteiger partial charge in [-0.05, 0) is 32.0 Å². The number of benzene rings is 1. The van der Waals surface area contributed by atoms with E-state index in [-0.39, 0.29) is 12.3 Å². The zero-order valence-electron chi connectivity index (χ0n) is 10.2. The molecule has 0 unspecified atom stereocenters. The number of methoxy groups -OCH3 is 1. The molecule has 1 amide bonds. The number of hydrogen-bond acceptors (Lipinski definition) is 3. The predicted molar refractivity (Wildman–Crippen MR) is 72.9 cm³/mol. The Balaban J connectivity index is 2.69. The second kappa shape index (κ2) is 5.51. The maximum absolute atomic E-state index is 11.8. The predicted octanol–water partition coefficient (Wildman–Crippen LogP) is 2.78. The zero-order chi connectivity index (χ0) is 13.1. The third-order valence-electron chi connectivity index (χ3n) is 2.43. The number of nitrogens with one attached hydrogen (secondary N) is 1. The van der Waals surface area contributed by atoms with Crippen LogP contribution < -0.4 is 11.1 Å². The molecular weight excluding hydrogens is 284 g/mol. The normalized spacial score (nSPS) is 11.3. The van der Waals surface area contributed by atoms with Crippen molar-refractivity contribution in [3.05, 3.63) is 22.7 Å². The van der Waals surface area contributed by atoms with E-state index >= 15 is 0 Å². The van der Waals surface area contributed by atoms with Crippen LogP contribution in [0, 0.1) is 0 Å². The summed E-state index contributed by atoms with van der Waals surface area (Å²) in [5, 5.41) is 2.76. The first-order valence-corrected chi connectivity index (χ1v) is 6.03. The van der Waals surface area contributed by atoms with Gasteiger partial charge in [0, 0.05) is 11.6 Å². The molecule has 0 heterocycles. The van der Waals surface area contributed by atoms with E-state index in [1.165, 1.54) is 0 Å². The van der Waals surface area contributed by atoms with Crippen molar-refractivity contribution < 1.29 is 9.53 Å². The van der Waals surface area contributed by atoms with Gasteiger partial charge in [-0.1, -0.05) is 15.9 Å². The quantitative estimate of drug-likeness (QED) is 0.841. The second-order valence-electron chi connectivity index (χ2n) is 4.42. The molecule has 0 saturated heterocycles. The van der Waals surface area contributed by atoms with Crippen molar-refractivity contribution in [2.24, 2.45) is 0 Å². The molecule has 0 bridgehead atoms. The Morgan fingerprint density at radius 3 is 2.71 bits per heavy atom. The summed E-state index contributed by atoms with van der Waals surface area (Å²) in [6, 6.07) is 5.33. The van der Waals surface area contributed by atoms with Crippen LogP contribution in [0.4, 0.5) is 11.4 Å². The van der Waals surface area contributed by atoms with Gasteiger partial charge in [-0.15, -0.1) is 0 Å². The van der Waals surface area contributed by atoms with Gasteiger partial charge in [0.25, 0.3) is 0 Å². The Labute approximate surface area is 110 Å². The molecule has 3 N–H and O–H groups in total. The van der Waals surface area contributed by atoms with Crippen molar-refractivity contribution in [2.45, 2.75) is 25.9 Å². The van der Waals surface area contributed by atoms with E-state index < -0.39 is 5.60 Å². The minimum atomic E-state index is -0.478. The number of hydrogen-bond donors (Lipinski definition) is 2. The standard InChI is InChI=1S/C12H17BrN2O2/c1-12(2,17-3)7-11(16)15-10-5-4-8(13)6-9(10)14/h4-6H,7,14H2,1-3H3,(H,15,16). The van der Waals surface area contributed by atoms with Crippen LogP contribution in [0.1, 0.15) is 20.3 Å². The van der Waals surface area contributed by atoms with Crippen LogP contribution >= 0.6 is 15.9 Å². The molecule has 0 fully saturated rings. The molecule has 1 rings (SSSR count). The van der Waals surface area contributed by atoms with Crippen molar-refractivity contribution in [3.8, 4) is 0 Å². The lowest BCUT2D eigenvalue weighted by molar-refractivity contribution is -0.121.